The molecule has 1 amide bonds. The zero-order chi connectivity index (χ0) is 14.7. The van der Waals surface area contributed by atoms with E-state index in [1.807, 2.05) is 18.2 Å². The summed E-state index contributed by atoms with van der Waals surface area (Å²) in [6, 6.07) is 8.61. The highest BCUT2D eigenvalue weighted by Gasteiger charge is 2.14. The van der Waals surface area contributed by atoms with Gasteiger partial charge >= 0.3 is 0 Å². The zero-order valence-electron chi connectivity index (χ0n) is 11.0. The van der Waals surface area contributed by atoms with Crippen LogP contribution in [0.5, 0.6) is 11.5 Å². The number of aromatic nitrogens is 2. The minimum absolute atomic E-state index is 0.217. The summed E-state index contributed by atoms with van der Waals surface area (Å²) >= 11 is 0. The molecule has 0 radical (unpaired) electrons. The molecule has 0 aliphatic carbocycles. The van der Waals surface area contributed by atoms with Crippen molar-refractivity contribution in [3.63, 3.8) is 0 Å². The quantitative estimate of drug-likeness (QED) is 0.552. The lowest BCUT2D eigenvalue weighted by Crippen LogP contribution is -2.24. The van der Waals surface area contributed by atoms with Gasteiger partial charge in [0.25, 0.3) is 5.91 Å². The number of nitrogens with zero attached hydrogens (tertiary/aromatic N) is 2. The molecule has 21 heavy (non-hydrogen) atoms. The van der Waals surface area contributed by atoms with E-state index in [-0.39, 0.29) is 18.4 Å². The second-order valence-electron chi connectivity index (χ2n) is 4.32. The van der Waals surface area contributed by atoms with Crippen LogP contribution >= 0.6 is 0 Å². The number of ether oxygens (including phenoxy) is 2. The molecule has 1 aliphatic heterocycles. The number of hydrogen-bond acceptors (Lipinski definition) is 7. The lowest BCUT2D eigenvalue weighted by Gasteiger charge is -2.06. The Morgan fingerprint density at radius 1 is 1.19 bits per heavy atom. The van der Waals surface area contributed by atoms with E-state index in [1.165, 1.54) is 6.07 Å². The topological polar surface area (TPSA) is 111 Å². The fourth-order valence-corrected chi connectivity index (χ4v) is 1.85. The molecule has 0 saturated heterocycles. The predicted molar refractivity (Wildman–Crippen MR) is 73.6 cm³/mol. The van der Waals surface area contributed by atoms with Crippen molar-refractivity contribution in [3.8, 4) is 11.5 Å². The Morgan fingerprint density at radius 2 is 2.05 bits per heavy atom. The summed E-state index contributed by atoms with van der Waals surface area (Å²) in [5.41, 5.74) is 3.46. The van der Waals surface area contributed by atoms with Gasteiger partial charge in [0, 0.05) is 6.54 Å². The fourth-order valence-electron chi connectivity index (χ4n) is 1.85. The number of hydrogen-bond donors (Lipinski definition) is 3. The van der Waals surface area contributed by atoms with Crippen LogP contribution < -0.4 is 26.1 Å². The fraction of sp³-hybridized carbons (Fsp3) is 0.154. The van der Waals surface area contributed by atoms with Crippen LogP contribution in [0.1, 0.15) is 16.1 Å². The molecule has 0 atom stereocenters. The molecule has 3 rings (SSSR count). The maximum absolute atomic E-state index is 11.9. The Bertz CT molecular complexity index is 659. The summed E-state index contributed by atoms with van der Waals surface area (Å²) in [6.07, 6.45) is 0. The smallest absolute Gasteiger partial charge is 0.272 e. The average molecular weight is 287 g/mol. The van der Waals surface area contributed by atoms with Gasteiger partial charge in [-0.25, -0.2) is 5.84 Å². The summed E-state index contributed by atoms with van der Waals surface area (Å²) in [6.45, 7) is 0.580. The SMILES string of the molecule is NNc1ccc(C(=O)NCc2ccc3c(c2)OCO3)nn1. The normalized spacial score (nSPS) is 12.0. The van der Waals surface area contributed by atoms with E-state index in [4.69, 9.17) is 15.3 Å². The van der Waals surface area contributed by atoms with Crippen molar-refractivity contribution in [2.24, 2.45) is 5.84 Å². The van der Waals surface area contributed by atoms with E-state index < -0.39 is 0 Å². The van der Waals surface area contributed by atoms with Crippen molar-refractivity contribution in [2.45, 2.75) is 6.54 Å². The molecule has 2 aromatic rings. The number of rotatable bonds is 4. The third-order valence-electron chi connectivity index (χ3n) is 2.94. The highest BCUT2D eigenvalue weighted by molar-refractivity contribution is 5.92. The molecule has 0 bridgehead atoms. The third kappa shape index (κ3) is 2.84. The van der Waals surface area contributed by atoms with Crippen LogP contribution in [0, 0.1) is 0 Å². The lowest BCUT2D eigenvalue weighted by atomic mass is 10.2. The summed E-state index contributed by atoms with van der Waals surface area (Å²) in [5.74, 6) is 6.64. The number of anilines is 1. The minimum atomic E-state index is -0.316. The van der Waals surface area contributed by atoms with Crippen LogP contribution in [0.15, 0.2) is 30.3 Å². The predicted octanol–water partition coefficient (Wildman–Crippen LogP) is 0.421. The maximum Gasteiger partial charge on any atom is 0.272 e. The molecule has 1 aliphatic rings. The monoisotopic (exact) mass is 287 g/mol. The number of benzene rings is 1. The van der Waals surface area contributed by atoms with E-state index in [0.717, 1.165) is 5.56 Å². The molecule has 0 saturated carbocycles. The van der Waals surface area contributed by atoms with E-state index in [9.17, 15) is 4.79 Å². The van der Waals surface area contributed by atoms with Gasteiger partial charge in [0.2, 0.25) is 6.79 Å². The van der Waals surface area contributed by atoms with Crippen molar-refractivity contribution in [2.75, 3.05) is 12.2 Å². The summed E-state index contributed by atoms with van der Waals surface area (Å²) < 4.78 is 10.5. The average Bonchev–Trinajstić information content (AvgIpc) is 3.00. The van der Waals surface area contributed by atoms with Gasteiger partial charge in [0.05, 0.1) is 0 Å². The second kappa shape index (κ2) is 5.63. The molecule has 0 unspecified atom stereocenters. The van der Waals surface area contributed by atoms with Crippen LogP contribution in [0.3, 0.4) is 0 Å². The van der Waals surface area contributed by atoms with Crippen molar-refractivity contribution < 1.29 is 14.3 Å². The molecule has 2 heterocycles. The number of carbonyl (C=O) groups excluding carboxylic acids is 1. The third-order valence-corrected chi connectivity index (χ3v) is 2.94. The molecule has 4 N–H and O–H groups in total. The largest absolute Gasteiger partial charge is 0.454 e. The van der Waals surface area contributed by atoms with E-state index in [2.05, 4.69) is 20.9 Å². The van der Waals surface area contributed by atoms with Crippen LogP contribution in [-0.4, -0.2) is 22.9 Å². The lowest BCUT2D eigenvalue weighted by molar-refractivity contribution is 0.0945. The second-order valence-corrected chi connectivity index (χ2v) is 4.32. The van der Waals surface area contributed by atoms with E-state index in [1.54, 1.807) is 6.07 Å². The van der Waals surface area contributed by atoms with Crippen molar-refractivity contribution in [1.29, 1.82) is 0 Å². The van der Waals surface area contributed by atoms with Gasteiger partial charge in [-0.2, -0.15) is 0 Å². The number of hydrazine groups is 1. The van der Waals surface area contributed by atoms with Gasteiger partial charge in [-0.15, -0.1) is 10.2 Å². The molecule has 8 heteroatoms. The number of carbonyl (C=O) groups is 1. The molecule has 8 nitrogen and oxygen atoms in total. The molecular weight excluding hydrogens is 274 g/mol. The number of nitrogen functional groups attached to an aromatic ring is 1. The van der Waals surface area contributed by atoms with Crippen molar-refractivity contribution in [3.05, 3.63) is 41.6 Å². The number of fused-ring (bicyclic) bond motifs is 1. The van der Waals surface area contributed by atoms with Crippen molar-refractivity contribution >= 4 is 11.7 Å². The summed E-state index contributed by atoms with van der Waals surface area (Å²) in [5, 5.41) is 10.3. The van der Waals surface area contributed by atoms with Gasteiger partial charge in [-0.1, -0.05) is 6.07 Å². The highest BCUT2D eigenvalue weighted by Crippen LogP contribution is 2.32. The number of amides is 1. The Morgan fingerprint density at radius 3 is 2.81 bits per heavy atom. The Labute approximate surface area is 120 Å². The summed E-state index contributed by atoms with van der Waals surface area (Å²) in [4.78, 5) is 11.9. The number of nitrogens with two attached hydrogens (primary N) is 1. The van der Waals surface area contributed by atoms with Crippen LogP contribution in [0.4, 0.5) is 5.82 Å². The minimum Gasteiger partial charge on any atom is -0.454 e. The molecule has 1 aromatic heterocycles. The first-order chi connectivity index (χ1) is 10.3. The van der Waals surface area contributed by atoms with Crippen LogP contribution in [0.25, 0.3) is 0 Å². The van der Waals surface area contributed by atoms with Crippen LogP contribution in [0.2, 0.25) is 0 Å². The standard InChI is InChI=1S/C13H13N5O3/c14-16-12-4-2-9(17-18-12)13(19)15-6-8-1-3-10-11(5-8)21-7-20-10/h1-5H,6-7,14H2,(H,15,19)(H,16,18). The Kier molecular flexibility index (Phi) is 3.52. The van der Waals surface area contributed by atoms with Gasteiger partial charge in [-0.3, -0.25) is 4.79 Å². The van der Waals surface area contributed by atoms with E-state index in [0.29, 0.717) is 23.9 Å². The Hall–Kier alpha value is -2.87. The molecular formula is C13H13N5O3. The van der Waals surface area contributed by atoms with E-state index >= 15 is 0 Å². The molecule has 0 fully saturated rings. The first-order valence-electron chi connectivity index (χ1n) is 6.23. The molecule has 1 aromatic carbocycles. The van der Waals surface area contributed by atoms with Gasteiger partial charge in [-0.05, 0) is 29.8 Å². The summed E-state index contributed by atoms with van der Waals surface area (Å²) in [7, 11) is 0. The Balaban J connectivity index is 1.62. The van der Waals surface area contributed by atoms with Gasteiger partial charge in [0.1, 0.15) is 0 Å². The molecule has 108 valence electrons. The van der Waals surface area contributed by atoms with Crippen LogP contribution in [-0.2, 0) is 6.54 Å². The first kappa shape index (κ1) is 13.1. The van der Waals surface area contributed by atoms with Gasteiger partial charge in [0.15, 0.2) is 23.0 Å². The maximum atomic E-state index is 11.9. The van der Waals surface area contributed by atoms with Gasteiger partial charge < -0.3 is 20.2 Å². The number of nitrogens with one attached hydrogen (secondary N) is 2. The first-order valence-corrected chi connectivity index (χ1v) is 6.23. The molecule has 0 spiro atoms. The highest BCUT2D eigenvalue weighted by atomic mass is 16.7. The van der Waals surface area contributed by atoms with Crippen molar-refractivity contribution in [1.82, 2.24) is 15.5 Å². The zero-order valence-corrected chi connectivity index (χ0v) is 11.0.